The summed E-state index contributed by atoms with van der Waals surface area (Å²) in [6.45, 7) is 4.93. The van der Waals surface area contributed by atoms with Crippen LogP contribution in [-0.4, -0.2) is 36.6 Å². The second-order valence-corrected chi connectivity index (χ2v) is 3.96. The number of hydrogen-bond donors (Lipinski definition) is 1. The number of urea groups is 1. The number of amides is 2. The van der Waals surface area contributed by atoms with Gasteiger partial charge >= 0.3 is 12.0 Å². The maximum absolute atomic E-state index is 11.9. The van der Waals surface area contributed by atoms with E-state index in [1.807, 2.05) is 37.3 Å². The lowest BCUT2D eigenvalue weighted by Crippen LogP contribution is -2.41. The first-order valence-corrected chi connectivity index (χ1v) is 6.39. The van der Waals surface area contributed by atoms with Crippen LogP contribution in [0.4, 0.5) is 4.79 Å². The minimum atomic E-state index is -0.424. The molecule has 0 spiro atoms. The number of nitrogens with one attached hydrogen (secondary N) is 1. The van der Waals surface area contributed by atoms with Crippen LogP contribution in [0.15, 0.2) is 30.3 Å². The summed E-state index contributed by atoms with van der Waals surface area (Å²) in [4.78, 5) is 24.7. The van der Waals surface area contributed by atoms with E-state index in [-0.39, 0.29) is 12.6 Å². The topological polar surface area (TPSA) is 58.6 Å². The number of ether oxygens (including phenoxy) is 1. The highest BCUT2D eigenvalue weighted by Crippen LogP contribution is 2.04. The monoisotopic (exact) mass is 264 g/mol. The molecule has 0 bridgehead atoms. The highest BCUT2D eigenvalue weighted by molar-refractivity contribution is 5.80. The second kappa shape index (κ2) is 8.13. The third-order valence-electron chi connectivity index (χ3n) is 2.57. The predicted octanol–water partition coefficient (Wildman–Crippen LogP) is 1.78. The maximum atomic E-state index is 11.9. The molecule has 0 heterocycles. The van der Waals surface area contributed by atoms with Gasteiger partial charge in [0.25, 0.3) is 0 Å². The largest absolute Gasteiger partial charge is 0.465 e. The third-order valence-corrected chi connectivity index (χ3v) is 2.57. The summed E-state index contributed by atoms with van der Waals surface area (Å²) in [5.41, 5.74) is 1.05. The van der Waals surface area contributed by atoms with Crippen LogP contribution in [0.2, 0.25) is 0 Å². The van der Waals surface area contributed by atoms with Crippen molar-refractivity contribution in [3.05, 3.63) is 35.9 Å². The molecule has 1 aromatic carbocycles. The molecule has 0 aromatic heterocycles. The molecule has 5 nitrogen and oxygen atoms in total. The molecule has 1 N–H and O–H groups in total. The zero-order chi connectivity index (χ0) is 14.1. The summed E-state index contributed by atoms with van der Waals surface area (Å²) in [5, 5.41) is 2.55. The van der Waals surface area contributed by atoms with Crippen molar-refractivity contribution in [3.8, 4) is 0 Å². The number of esters is 1. The Morgan fingerprint density at radius 1 is 1.21 bits per heavy atom. The van der Waals surface area contributed by atoms with Crippen molar-refractivity contribution in [1.29, 1.82) is 0 Å². The molecule has 1 aromatic rings. The number of benzene rings is 1. The van der Waals surface area contributed by atoms with E-state index in [9.17, 15) is 9.59 Å². The van der Waals surface area contributed by atoms with Crippen molar-refractivity contribution < 1.29 is 14.3 Å². The summed E-state index contributed by atoms with van der Waals surface area (Å²) >= 11 is 0. The van der Waals surface area contributed by atoms with Crippen LogP contribution in [0, 0.1) is 0 Å². The lowest BCUT2D eigenvalue weighted by molar-refractivity contribution is -0.141. The van der Waals surface area contributed by atoms with Crippen molar-refractivity contribution in [2.75, 3.05) is 19.7 Å². The molecular formula is C14H20N2O3. The Balaban J connectivity index is 2.46. The maximum Gasteiger partial charge on any atom is 0.325 e. The quantitative estimate of drug-likeness (QED) is 0.797. The predicted molar refractivity (Wildman–Crippen MR) is 72.6 cm³/mol. The standard InChI is InChI=1S/C14H20N2O3/c1-3-16(11-12-8-6-5-7-9-12)14(18)15-10-13(17)19-4-2/h5-9H,3-4,10-11H2,1-2H3,(H,15,18). The summed E-state index contributed by atoms with van der Waals surface area (Å²) in [6, 6.07) is 9.45. The number of nitrogens with zero attached hydrogens (tertiary/aromatic N) is 1. The van der Waals surface area contributed by atoms with Gasteiger partial charge in [-0.3, -0.25) is 4.79 Å². The van der Waals surface area contributed by atoms with Gasteiger partial charge in [-0.25, -0.2) is 4.79 Å². The van der Waals surface area contributed by atoms with Crippen molar-refractivity contribution in [2.45, 2.75) is 20.4 Å². The summed E-state index contributed by atoms with van der Waals surface area (Å²) in [6.07, 6.45) is 0. The molecule has 104 valence electrons. The summed E-state index contributed by atoms with van der Waals surface area (Å²) in [5.74, 6) is -0.424. The Bertz CT molecular complexity index is 406. The average Bonchev–Trinajstić information content (AvgIpc) is 2.43. The van der Waals surface area contributed by atoms with E-state index < -0.39 is 5.97 Å². The number of carbonyl (C=O) groups excluding carboxylic acids is 2. The van der Waals surface area contributed by atoms with Gasteiger partial charge in [0.1, 0.15) is 6.54 Å². The molecule has 0 saturated carbocycles. The number of rotatable bonds is 6. The zero-order valence-corrected chi connectivity index (χ0v) is 11.4. The smallest absolute Gasteiger partial charge is 0.325 e. The van der Waals surface area contributed by atoms with Gasteiger partial charge in [-0.05, 0) is 19.4 Å². The lowest BCUT2D eigenvalue weighted by Gasteiger charge is -2.21. The fourth-order valence-corrected chi connectivity index (χ4v) is 1.60. The fraction of sp³-hybridized carbons (Fsp3) is 0.429. The SMILES string of the molecule is CCOC(=O)CNC(=O)N(CC)Cc1ccccc1. The summed E-state index contributed by atoms with van der Waals surface area (Å²) in [7, 11) is 0. The number of hydrogen-bond acceptors (Lipinski definition) is 3. The first kappa shape index (κ1) is 15.0. The Labute approximate surface area is 113 Å². The molecule has 0 aliphatic carbocycles. The molecule has 19 heavy (non-hydrogen) atoms. The van der Waals surface area contributed by atoms with E-state index in [1.54, 1.807) is 11.8 Å². The fourth-order valence-electron chi connectivity index (χ4n) is 1.60. The molecule has 0 unspecified atom stereocenters. The Kier molecular flexibility index (Phi) is 6.43. The van der Waals surface area contributed by atoms with Gasteiger partial charge in [-0.15, -0.1) is 0 Å². The molecule has 1 rings (SSSR count). The van der Waals surface area contributed by atoms with Crippen molar-refractivity contribution >= 4 is 12.0 Å². The van der Waals surface area contributed by atoms with Crippen molar-refractivity contribution in [3.63, 3.8) is 0 Å². The van der Waals surface area contributed by atoms with Gasteiger partial charge in [0.05, 0.1) is 6.61 Å². The molecule has 0 aliphatic heterocycles. The van der Waals surface area contributed by atoms with Crippen molar-refractivity contribution in [2.24, 2.45) is 0 Å². The van der Waals surface area contributed by atoms with Crippen LogP contribution in [0.25, 0.3) is 0 Å². The molecular weight excluding hydrogens is 244 g/mol. The van der Waals surface area contributed by atoms with E-state index >= 15 is 0 Å². The van der Waals surface area contributed by atoms with Gasteiger partial charge in [0.15, 0.2) is 0 Å². The minimum Gasteiger partial charge on any atom is -0.465 e. The van der Waals surface area contributed by atoms with Crippen LogP contribution in [0.5, 0.6) is 0 Å². The number of carbonyl (C=O) groups is 2. The highest BCUT2D eigenvalue weighted by atomic mass is 16.5. The molecule has 0 radical (unpaired) electrons. The van der Waals surface area contributed by atoms with Gasteiger partial charge in [-0.2, -0.15) is 0 Å². The van der Waals surface area contributed by atoms with Crippen molar-refractivity contribution in [1.82, 2.24) is 10.2 Å². The first-order valence-electron chi connectivity index (χ1n) is 6.39. The molecule has 0 atom stereocenters. The molecule has 5 heteroatoms. The van der Waals surface area contributed by atoms with E-state index in [0.29, 0.717) is 19.7 Å². The Morgan fingerprint density at radius 2 is 1.89 bits per heavy atom. The highest BCUT2D eigenvalue weighted by Gasteiger charge is 2.13. The normalized spacial score (nSPS) is 9.79. The van der Waals surface area contributed by atoms with E-state index in [4.69, 9.17) is 4.74 Å². The van der Waals surface area contributed by atoms with Crippen LogP contribution >= 0.6 is 0 Å². The van der Waals surface area contributed by atoms with Crippen LogP contribution < -0.4 is 5.32 Å². The van der Waals surface area contributed by atoms with E-state index in [1.165, 1.54) is 0 Å². The molecule has 2 amide bonds. The van der Waals surface area contributed by atoms with Crippen LogP contribution in [0.1, 0.15) is 19.4 Å². The van der Waals surface area contributed by atoms with Gasteiger partial charge < -0.3 is 15.0 Å². The minimum absolute atomic E-state index is 0.0992. The zero-order valence-electron chi connectivity index (χ0n) is 11.4. The Hall–Kier alpha value is -2.04. The van der Waals surface area contributed by atoms with Gasteiger partial charge in [0, 0.05) is 13.1 Å². The third kappa shape index (κ3) is 5.42. The lowest BCUT2D eigenvalue weighted by atomic mass is 10.2. The average molecular weight is 264 g/mol. The van der Waals surface area contributed by atoms with E-state index in [2.05, 4.69) is 5.32 Å². The molecule has 0 fully saturated rings. The first-order chi connectivity index (χ1) is 9.17. The van der Waals surface area contributed by atoms with Crippen LogP contribution in [-0.2, 0) is 16.1 Å². The summed E-state index contributed by atoms with van der Waals surface area (Å²) < 4.78 is 4.75. The molecule has 0 aliphatic rings. The van der Waals surface area contributed by atoms with Crippen LogP contribution in [0.3, 0.4) is 0 Å². The van der Waals surface area contributed by atoms with Gasteiger partial charge in [0.2, 0.25) is 0 Å². The second-order valence-electron chi connectivity index (χ2n) is 3.96. The van der Waals surface area contributed by atoms with Gasteiger partial charge in [-0.1, -0.05) is 30.3 Å². The van der Waals surface area contributed by atoms with E-state index in [0.717, 1.165) is 5.56 Å². The molecule has 0 saturated heterocycles. The Morgan fingerprint density at radius 3 is 2.47 bits per heavy atom.